The van der Waals surface area contributed by atoms with E-state index in [0.29, 0.717) is 0 Å². The van der Waals surface area contributed by atoms with Crippen LogP contribution in [0.3, 0.4) is 0 Å². The zero-order chi connectivity index (χ0) is 19.1. The van der Waals surface area contributed by atoms with Gasteiger partial charge in [-0.15, -0.1) is 0 Å². The molecule has 134 valence electrons. The minimum absolute atomic E-state index is 0.213. The number of aryl methyl sites for hydroxylation is 1. The van der Waals surface area contributed by atoms with Crippen molar-refractivity contribution >= 4 is 11.6 Å². The molecule has 3 aromatic carbocycles. The largest absolute Gasteiger partial charge is 0.207 e. The molecule has 3 aromatic rings. The van der Waals surface area contributed by atoms with Crippen molar-refractivity contribution in [1.82, 2.24) is 0 Å². The van der Waals surface area contributed by atoms with Crippen molar-refractivity contribution in [1.29, 1.82) is 0 Å². The highest BCUT2D eigenvalue weighted by molar-refractivity contribution is 5.80. The van der Waals surface area contributed by atoms with E-state index in [9.17, 15) is 4.39 Å². The maximum absolute atomic E-state index is 13.0. The third-order valence-electron chi connectivity index (χ3n) is 4.44. The molecule has 0 aliphatic rings. The summed E-state index contributed by atoms with van der Waals surface area (Å²) < 4.78 is 13.0. The minimum atomic E-state index is -0.213. The van der Waals surface area contributed by atoms with Crippen LogP contribution in [0.15, 0.2) is 72.8 Å². The standard InChI is InChI=1S/C26H23F/c1-3-4-21-5-7-22(8-6-21)9-10-23-11-13-24(14-12-23)19-20(2)25-15-17-26(27)18-16-25/h5-8,11-19H,3-4H2,1-2H3/b20-19+. The molecule has 0 spiro atoms. The van der Waals surface area contributed by atoms with Crippen molar-refractivity contribution in [3.63, 3.8) is 0 Å². The first kappa shape index (κ1) is 18.7. The van der Waals surface area contributed by atoms with Gasteiger partial charge in [-0.3, -0.25) is 0 Å². The molecule has 1 heteroatoms. The third-order valence-corrected chi connectivity index (χ3v) is 4.44. The van der Waals surface area contributed by atoms with Gasteiger partial charge in [-0.2, -0.15) is 0 Å². The van der Waals surface area contributed by atoms with E-state index in [1.807, 2.05) is 19.1 Å². The molecule has 0 saturated carbocycles. The second-order valence-electron chi connectivity index (χ2n) is 6.65. The van der Waals surface area contributed by atoms with Crippen molar-refractivity contribution in [2.75, 3.05) is 0 Å². The summed E-state index contributed by atoms with van der Waals surface area (Å²) in [6, 6.07) is 23.2. The Morgan fingerprint density at radius 3 is 1.93 bits per heavy atom. The Bertz CT molecular complexity index is 964. The molecule has 0 amide bonds. The maximum atomic E-state index is 13.0. The molecule has 0 nitrogen and oxygen atoms in total. The van der Waals surface area contributed by atoms with Gasteiger partial charge < -0.3 is 0 Å². The van der Waals surface area contributed by atoms with E-state index in [1.165, 1.54) is 17.7 Å². The van der Waals surface area contributed by atoms with Gasteiger partial charge in [0.25, 0.3) is 0 Å². The van der Waals surface area contributed by atoms with Crippen LogP contribution in [0, 0.1) is 17.7 Å². The molecule has 0 aliphatic heterocycles. The van der Waals surface area contributed by atoms with Crippen LogP contribution in [0.4, 0.5) is 4.39 Å². The van der Waals surface area contributed by atoms with E-state index in [-0.39, 0.29) is 5.82 Å². The normalized spacial score (nSPS) is 11.0. The van der Waals surface area contributed by atoms with Crippen LogP contribution >= 0.6 is 0 Å². The molecule has 3 rings (SSSR count). The Hall–Kier alpha value is -3.11. The highest BCUT2D eigenvalue weighted by atomic mass is 19.1. The monoisotopic (exact) mass is 354 g/mol. The van der Waals surface area contributed by atoms with Crippen LogP contribution in [0.5, 0.6) is 0 Å². The number of benzene rings is 3. The predicted molar refractivity (Wildman–Crippen MR) is 113 cm³/mol. The first-order valence-electron chi connectivity index (χ1n) is 9.29. The Morgan fingerprint density at radius 1 is 0.815 bits per heavy atom. The van der Waals surface area contributed by atoms with Crippen LogP contribution in [-0.4, -0.2) is 0 Å². The molecule has 27 heavy (non-hydrogen) atoms. The van der Waals surface area contributed by atoms with Crippen molar-refractivity contribution in [3.8, 4) is 11.8 Å². The van der Waals surface area contributed by atoms with E-state index < -0.39 is 0 Å². The minimum Gasteiger partial charge on any atom is -0.207 e. The average molecular weight is 354 g/mol. The van der Waals surface area contributed by atoms with E-state index in [0.717, 1.165) is 40.7 Å². The van der Waals surface area contributed by atoms with E-state index in [2.05, 4.69) is 61.2 Å². The molecule has 0 saturated heterocycles. The second-order valence-corrected chi connectivity index (χ2v) is 6.65. The van der Waals surface area contributed by atoms with Gasteiger partial charge >= 0.3 is 0 Å². The van der Waals surface area contributed by atoms with Crippen LogP contribution in [0.2, 0.25) is 0 Å². The zero-order valence-electron chi connectivity index (χ0n) is 15.8. The van der Waals surface area contributed by atoms with Crippen LogP contribution in [-0.2, 0) is 6.42 Å². The summed E-state index contributed by atoms with van der Waals surface area (Å²) in [5.74, 6) is 6.23. The summed E-state index contributed by atoms with van der Waals surface area (Å²) in [5.41, 5.74) is 6.60. The summed E-state index contributed by atoms with van der Waals surface area (Å²) in [6.07, 6.45) is 4.36. The van der Waals surface area contributed by atoms with Crippen LogP contribution < -0.4 is 0 Å². The quantitative estimate of drug-likeness (QED) is 0.359. The topological polar surface area (TPSA) is 0 Å². The lowest BCUT2D eigenvalue weighted by molar-refractivity contribution is 0.627. The number of hydrogen-bond acceptors (Lipinski definition) is 0. The Kier molecular flexibility index (Phi) is 6.23. The highest BCUT2D eigenvalue weighted by Gasteiger charge is 1.98. The zero-order valence-corrected chi connectivity index (χ0v) is 15.8. The van der Waals surface area contributed by atoms with Crippen LogP contribution in [0.25, 0.3) is 11.6 Å². The molecular formula is C26H23F. The smallest absolute Gasteiger partial charge is 0.123 e. The Morgan fingerprint density at radius 2 is 1.37 bits per heavy atom. The van der Waals surface area contributed by atoms with Crippen molar-refractivity contribution in [3.05, 3.63) is 106 Å². The Balaban J connectivity index is 1.70. The van der Waals surface area contributed by atoms with Gasteiger partial charge in [0, 0.05) is 11.1 Å². The lowest BCUT2D eigenvalue weighted by Crippen LogP contribution is -1.83. The van der Waals surface area contributed by atoms with E-state index >= 15 is 0 Å². The number of halogens is 1. The maximum Gasteiger partial charge on any atom is 0.123 e. The van der Waals surface area contributed by atoms with E-state index in [4.69, 9.17) is 0 Å². The number of rotatable bonds is 4. The third kappa shape index (κ3) is 5.43. The fraction of sp³-hybridized carbons (Fsp3) is 0.154. The average Bonchev–Trinajstić information content (AvgIpc) is 2.69. The SMILES string of the molecule is CCCc1ccc(C#Cc2ccc(/C=C(\C)c3ccc(F)cc3)cc2)cc1. The fourth-order valence-corrected chi connectivity index (χ4v) is 2.90. The molecule has 0 unspecified atom stereocenters. The molecule has 0 aliphatic carbocycles. The van der Waals surface area contributed by atoms with Gasteiger partial charge in [-0.05, 0) is 72.0 Å². The molecule has 0 bridgehead atoms. The van der Waals surface area contributed by atoms with Gasteiger partial charge in [0.1, 0.15) is 5.82 Å². The first-order chi connectivity index (χ1) is 13.1. The van der Waals surface area contributed by atoms with E-state index in [1.54, 1.807) is 12.1 Å². The molecule has 0 fully saturated rings. The lowest BCUT2D eigenvalue weighted by Gasteiger charge is -2.02. The molecule has 0 aromatic heterocycles. The highest BCUT2D eigenvalue weighted by Crippen LogP contribution is 2.18. The van der Waals surface area contributed by atoms with Gasteiger partial charge in [-0.25, -0.2) is 4.39 Å². The van der Waals surface area contributed by atoms with Gasteiger partial charge in [0.15, 0.2) is 0 Å². The Labute approximate surface area is 161 Å². The summed E-state index contributed by atoms with van der Waals surface area (Å²) in [4.78, 5) is 0. The summed E-state index contributed by atoms with van der Waals surface area (Å²) in [6.45, 7) is 4.22. The first-order valence-corrected chi connectivity index (χ1v) is 9.29. The fourth-order valence-electron chi connectivity index (χ4n) is 2.90. The molecule has 0 radical (unpaired) electrons. The summed E-state index contributed by atoms with van der Waals surface area (Å²) in [7, 11) is 0. The van der Waals surface area contributed by atoms with Gasteiger partial charge in [-0.1, -0.05) is 67.7 Å². The van der Waals surface area contributed by atoms with Crippen LogP contribution in [0.1, 0.15) is 48.1 Å². The predicted octanol–water partition coefficient (Wildman–Crippen LogP) is 6.74. The van der Waals surface area contributed by atoms with Gasteiger partial charge in [0.2, 0.25) is 0 Å². The van der Waals surface area contributed by atoms with Crippen molar-refractivity contribution < 1.29 is 4.39 Å². The van der Waals surface area contributed by atoms with Gasteiger partial charge in [0.05, 0.1) is 0 Å². The number of hydrogen-bond donors (Lipinski definition) is 0. The molecule has 0 N–H and O–H groups in total. The molecular weight excluding hydrogens is 331 g/mol. The molecule has 0 heterocycles. The number of allylic oxidation sites excluding steroid dienone is 1. The summed E-state index contributed by atoms with van der Waals surface area (Å²) in [5, 5.41) is 0. The van der Waals surface area contributed by atoms with Crippen molar-refractivity contribution in [2.45, 2.75) is 26.7 Å². The molecule has 0 atom stereocenters. The second kappa shape index (κ2) is 9.01. The summed E-state index contributed by atoms with van der Waals surface area (Å²) >= 11 is 0. The lowest BCUT2D eigenvalue weighted by atomic mass is 10.0. The van der Waals surface area contributed by atoms with Crippen molar-refractivity contribution in [2.24, 2.45) is 0 Å².